The highest BCUT2D eigenvalue weighted by molar-refractivity contribution is 9.10. The molecular weight excluding hydrogens is 390 g/mol. The molecule has 136 valence electrons. The fourth-order valence-corrected chi connectivity index (χ4v) is 3.40. The number of H-pyrrole nitrogens is 1. The lowest BCUT2D eigenvalue weighted by Gasteiger charge is -2.33. The molecule has 6 heteroatoms. The van der Waals surface area contributed by atoms with Crippen molar-refractivity contribution in [3.8, 4) is 11.3 Å². The summed E-state index contributed by atoms with van der Waals surface area (Å²) in [6, 6.07) is 8.22. The van der Waals surface area contributed by atoms with Gasteiger partial charge in [0.2, 0.25) is 0 Å². The van der Waals surface area contributed by atoms with Crippen molar-refractivity contribution in [3.63, 3.8) is 0 Å². The Hall–Kier alpha value is -2.31. The van der Waals surface area contributed by atoms with Gasteiger partial charge in [0, 0.05) is 36.2 Å². The smallest absolute Gasteiger partial charge is 0.159 e. The summed E-state index contributed by atoms with van der Waals surface area (Å²) in [5.74, 6) is 0.960. The first-order valence-electron chi connectivity index (χ1n) is 8.63. The zero-order valence-corrected chi connectivity index (χ0v) is 16.5. The van der Waals surface area contributed by atoms with Crippen molar-refractivity contribution >= 4 is 27.3 Å². The van der Waals surface area contributed by atoms with Crippen LogP contribution in [0.1, 0.15) is 5.56 Å². The van der Waals surface area contributed by atoms with Crippen molar-refractivity contribution in [1.29, 1.82) is 0 Å². The van der Waals surface area contributed by atoms with Gasteiger partial charge in [0.25, 0.3) is 0 Å². The van der Waals surface area contributed by atoms with E-state index >= 15 is 0 Å². The van der Waals surface area contributed by atoms with E-state index in [1.165, 1.54) is 0 Å². The molecule has 0 atom stereocenters. The Morgan fingerprint density at radius 3 is 2.54 bits per heavy atom. The Bertz CT molecular complexity index is 811. The van der Waals surface area contributed by atoms with Crippen LogP contribution in [0.4, 0.5) is 5.82 Å². The molecule has 1 aromatic carbocycles. The number of allylic oxidation sites excluding steroid dienone is 4. The van der Waals surface area contributed by atoms with Crippen LogP contribution in [-0.2, 0) is 0 Å². The van der Waals surface area contributed by atoms with Crippen molar-refractivity contribution < 1.29 is 0 Å². The molecule has 0 radical (unpaired) electrons. The minimum atomic E-state index is 0.946. The highest BCUT2D eigenvalue weighted by Crippen LogP contribution is 2.36. The Balaban J connectivity index is 2.11. The highest BCUT2D eigenvalue weighted by Gasteiger charge is 2.24. The second-order valence-corrected chi connectivity index (χ2v) is 7.23. The van der Waals surface area contributed by atoms with E-state index in [0.717, 1.165) is 58.9 Å². The van der Waals surface area contributed by atoms with Gasteiger partial charge in [-0.1, -0.05) is 46.8 Å². The molecule has 3 N–H and O–H groups in total. The van der Waals surface area contributed by atoms with Crippen LogP contribution in [0.3, 0.4) is 0 Å². The van der Waals surface area contributed by atoms with E-state index in [0.29, 0.717) is 0 Å². The maximum atomic E-state index is 5.71. The van der Waals surface area contributed by atoms with E-state index in [-0.39, 0.29) is 0 Å². The van der Waals surface area contributed by atoms with Crippen LogP contribution in [-0.4, -0.2) is 48.3 Å². The zero-order valence-electron chi connectivity index (χ0n) is 15.0. The number of nitrogens with zero attached hydrogens (tertiary/aromatic N) is 3. The molecule has 26 heavy (non-hydrogen) atoms. The summed E-state index contributed by atoms with van der Waals surface area (Å²) in [6.45, 7) is 7.79. The van der Waals surface area contributed by atoms with E-state index in [4.69, 9.17) is 5.73 Å². The molecule has 1 saturated heterocycles. The van der Waals surface area contributed by atoms with E-state index in [9.17, 15) is 0 Å². The summed E-state index contributed by atoms with van der Waals surface area (Å²) >= 11 is 3.50. The van der Waals surface area contributed by atoms with Crippen LogP contribution < -0.4 is 10.6 Å². The van der Waals surface area contributed by atoms with Crippen LogP contribution in [0.25, 0.3) is 16.8 Å². The highest BCUT2D eigenvalue weighted by atomic mass is 79.9. The molecule has 0 amide bonds. The first kappa shape index (κ1) is 18.5. The molecule has 0 saturated carbocycles. The molecule has 0 bridgehead atoms. The molecule has 1 aliphatic heterocycles. The van der Waals surface area contributed by atoms with Crippen molar-refractivity contribution in [2.24, 2.45) is 5.73 Å². The van der Waals surface area contributed by atoms with Gasteiger partial charge in [-0.05, 0) is 37.0 Å². The van der Waals surface area contributed by atoms with Gasteiger partial charge in [0.1, 0.15) is 0 Å². The third-order valence-corrected chi connectivity index (χ3v) is 5.07. The lowest BCUT2D eigenvalue weighted by atomic mass is 9.99. The number of halogens is 1. The predicted molar refractivity (Wildman–Crippen MR) is 113 cm³/mol. The molecule has 2 aromatic rings. The molecule has 0 unspecified atom stereocenters. The van der Waals surface area contributed by atoms with Gasteiger partial charge in [0.15, 0.2) is 5.82 Å². The van der Waals surface area contributed by atoms with Crippen LogP contribution in [0.15, 0.2) is 59.7 Å². The number of hydrogen-bond acceptors (Lipinski definition) is 4. The second kappa shape index (κ2) is 8.38. The fourth-order valence-electron chi connectivity index (χ4n) is 3.13. The number of nitrogens with one attached hydrogen (secondary N) is 1. The third-order valence-electron chi connectivity index (χ3n) is 4.54. The lowest BCUT2D eigenvalue weighted by molar-refractivity contribution is 0.312. The summed E-state index contributed by atoms with van der Waals surface area (Å²) in [7, 11) is 2.15. The fraction of sp³-hybridized carbons (Fsp3) is 0.250. The van der Waals surface area contributed by atoms with Gasteiger partial charge in [-0.15, -0.1) is 0 Å². The van der Waals surface area contributed by atoms with E-state index in [1.54, 1.807) is 12.3 Å². The number of aromatic nitrogens is 2. The quantitative estimate of drug-likeness (QED) is 0.734. The number of nitrogens with two attached hydrogens (primary N) is 1. The SMILES string of the molecule is C=C/C=C(\C=C/N)c1c(N2CCN(C)CC2)n[nH]c1-c1ccc(Br)cc1. The standard InChI is InChI=1S/C20H24BrN5/c1-3-4-15(9-10-22)18-19(16-5-7-17(21)8-6-16)23-24-20(18)26-13-11-25(2)12-14-26/h3-10H,1,11-14,22H2,2H3,(H,23,24)/b10-9-,15-4+. The normalized spacial score (nSPS) is 16.4. The summed E-state index contributed by atoms with van der Waals surface area (Å²) in [5.41, 5.74) is 9.82. The van der Waals surface area contributed by atoms with Gasteiger partial charge in [-0.3, -0.25) is 5.10 Å². The molecule has 1 fully saturated rings. The first-order chi connectivity index (χ1) is 12.6. The maximum Gasteiger partial charge on any atom is 0.159 e. The lowest BCUT2D eigenvalue weighted by Crippen LogP contribution is -2.45. The number of hydrogen-bond donors (Lipinski definition) is 2. The number of benzene rings is 1. The minimum absolute atomic E-state index is 0.946. The van der Waals surface area contributed by atoms with E-state index in [1.807, 2.05) is 24.3 Å². The number of rotatable bonds is 5. The number of anilines is 1. The molecule has 3 rings (SSSR count). The van der Waals surface area contributed by atoms with Gasteiger partial charge < -0.3 is 15.5 Å². The molecule has 2 heterocycles. The van der Waals surface area contributed by atoms with Gasteiger partial charge in [-0.25, -0.2) is 0 Å². The topological polar surface area (TPSA) is 61.2 Å². The molecule has 1 aromatic heterocycles. The molecular formula is C20H24BrN5. The van der Waals surface area contributed by atoms with E-state index < -0.39 is 0 Å². The monoisotopic (exact) mass is 413 g/mol. The predicted octanol–water partition coefficient (Wildman–Crippen LogP) is 3.63. The van der Waals surface area contributed by atoms with Crippen LogP contribution in [0.2, 0.25) is 0 Å². The van der Waals surface area contributed by atoms with Crippen molar-refractivity contribution in [2.75, 3.05) is 38.1 Å². The largest absolute Gasteiger partial charge is 0.405 e. The maximum absolute atomic E-state index is 5.71. The van der Waals surface area contributed by atoms with Crippen LogP contribution in [0, 0.1) is 0 Å². The summed E-state index contributed by atoms with van der Waals surface area (Å²) in [5, 5.41) is 7.92. The number of piperazine rings is 1. The average molecular weight is 414 g/mol. The first-order valence-corrected chi connectivity index (χ1v) is 9.42. The summed E-state index contributed by atoms with van der Waals surface area (Å²) < 4.78 is 1.05. The Morgan fingerprint density at radius 1 is 1.23 bits per heavy atom. The zero-order chi connectivity index (χ0) is 18.5. The second-order valence-electron chi connectivity index (χ2n) is 6.31. The molecule has 0 aliphatic carbocycles. The number of aromatic amines is 1. The molecule has 1 aliphatic rings. The van der Waals surface area contributed by atoms with E-state index in [2.05, 4.69) is 61.7 Å². The van der Waals surface area contributed by atoms with Gasteiger partial charge >= 0.3 is 0 Å². The third kappa shape index (κ3) is 3.92. The van der Waals surface area contributed by atoms with Crippen molar-refractivity contribution in [1.82, 2.24) is 15.1 Å². The Labute approximate surface area is 163 Å². The van der Waals surface area contributed by atoms with Crippen molar-refractivity contribution in [3.05, 3.63) is 65.3 Å². The van der Waals surface area contributed by atoms with Crippen LogP contribution in [0.5, 0.6) is 0 Å². The summed E-state index contributed by atoms with van der Waals surface area (Å²) in [4.78, 5) is 4.66. The molecule has 5 nitrogen and oxygen atoms in total. The van der Waals surface area contributed by atoms with Crippen molar-refractivity contribution in [2.45, 2.75) is 0 Å². The molecule has 0 spiro atoms. The minimum Gasteiger partial charge on any atom is -0.405 e. The Kier molecular flexibility index (Phi) is 5.96. The van der Waals surface area contributed by atoms with Crippen LogP contribution >= 0.6 is 15.9 Å². The van der Waals surface area contributed by atoms with Gasteiger partial charge in [-0.2, -0.15) is 5.10 Å². The van der Waals surface area contributed by atoms with Gasteiger partial charge in [0.05, 0.1) is 11.3 Å². The number of likely N-dealkylation sites (N-methyl/N-ethyl adjacent to an activating group) is 1. The average Bonchev–Trinajstić information content (AvgIpc) is 3.07. The summed E-state index contributed by atoms with van der Waals surface area (Å²) in [6.07, 6.45) is 7.20. The Morgan fingerprint density at radius 2 is 1.92 bits per heavy atom.